The highest BCUT2D eigenvalue weighted by Gasteiger charge is 2.30. The molecule has 0 radical (unpaired) electrons. The van der Waals surface area contributed by atoms with Crippen LogP contribution >= 0.6 is 11.3 Å². The van der Waals surface area contributed by atoms with Gasteiger partial charge in [0.15, 0.2) is 5.60 Å². The summed E-state index contributed by atoms with van der Waals surface area (Å²) in [6.45, 7) is 0.860. The highest BCUT2D eigenvalue weighted by Crippen LogP contribution is 2.29. The summed E-state index contributed by atoms with van der Waals surface area (Å²) in [6.07, 6.45) is 4.33. The van der Waals surface area contributed by atoms with E-state index in [1.54, 1.807) is 0 Å². The van der Waals surface area contributed by atoms with Crippen molar-refractivity contribution in [1.29, 1.82) is 0 Å². The first-order chi connectivity index (χ1) is 8.90. The van der Waals surface area contributed by atoms with Crippen LogP contribution < -0.4 is 5.32 Å². The van der Waals surface area contributed by atoms with E-state index in [2.05, 4.69) is 5.32 Å². The van der Waals surface area contributed by atoms with Crippen molar-refractivity contribution in [2.75, 3.05) is 6.54 Å². The number of rotatable bonds is 4. The maximum Gasteiger partial charge on any atom is 0.337 e. The van der Waals surface area contributed by atoms with E-state index in [0.29, 0.717) is 4.88 Å². The van der Waals surface area contributed by atoms with Crippen molar-refractivity contribution in [2.45, 2.75) is 38.2 Å². The van der Waals surface area contributed by atoms with Crippen molar-refractivity contribution >= 4 is 23.2 Å². The van der Waals surface area contributed by atoms with Gasteiger partial charge in [0.1, 0.15) is 0 Å². The summed E-state index contributed by atoms with van der Waals surface area (Å²) in [4.78, 5) is 24.5. The lowest BCUT2D eigenvalue weighted by atomic mass is 9.99. The van der Waals surface area contributed by atoms with E-state index >= 15 is 0 Å². The first-order valence-corrected chi connectivity index (χ1v) is 7.07. The quantitative estimate of drug-likeness (QED) is 0.774. The summed E-state index contributed by atoms with van der Waals surface area (Å²) < 4.78 is 0. The number of aryl methyl sites for hydroxylation is 2. The number of nitrogens with one attached hydrogen (secondary N) is 1. The fourth-order valence-electron chi connectivity index (χ4n) is 2.02. The van der Waals surface area contributed by atoms with Crippen molar-refractivity contribution in [1.82, 2.24) is 5.32 Å². The summed E-state index contributed by atoms with van der Waals surface area (Å²) in [7, 11) is 0. The summed E-state index contributed by atoms with van der Waals surface area (Å²) >= 11 is 1.46. The number of carboxylic acids is 1. The Bertz CT molecular complexity index is 483. The van der Waals surface area contributed by atoms with E-state index in [9.17, 15) is 14.7 Å². The van der Waals surface area contributed by atoms with Crippen LogP contribution in [0.5, 0.6) is 0 Å². The number of aliphatic carboxylic acids is 1. The molecule has 0 saturated heterocycles. The number of aliphatic hydroxyl groups is 1. The second-order valence-corrected chi connectivity index (χ2v) is 6.16. The molecule has 1 atom stereocenters. The van der Waals surface area contributed by atoms with Gasteiger partial charge in [0, 0.05) is 4.88 Å². The minimum absolute atomic E-state index is 0.302. The number of carboxylic acid groups (broad SMARTS) is 1. The average molecular weight is 283 g/mol. The van der Waals surface area contributed by atoms with E-state index < -0.39 is 11.6 Å². The molecule has 3 N–H and O–H groups in total. The van der Waals surface area contributed by atoms with Gasteiger partial charge in [-0.05, 0) is 44.2 Å². The molecule has 0 bridgehead atoms. The molecule has 1 unspecified atom stereocenters. The maximum atomic E-state index is 11.9. The first-order valence-electron chi connectivity index (χ1n) is 6.26. The number of carbonyl (C=O) groups is 2. The highest BCUT2D eigenvalue weighted by atomic mass is 32.1. The van der Waals surface area contributed by atoms with Crippen LogP contribution in [0.2, 0.25) is 0 Å². The van der Waals surface area contributed by atoms with Gasteiger partial charge in [-0.2, -0.15) is 0 Å². The molecule has 6 heteroatoms. The normalized spacial score (nSPS) is 17.4. The second kappa shape index (κ2) is 5.30. The maximum absolute atomic E-state index is 11.9. The lowest BCUT2D eigenvalue weighted by molar-refractivity contribution is -0.155. The van der Waals surface area contributed by atoms with E-state index in [1.807, 2.05) is 6.07 Å². The molecule has 0 aromatic carbocycles. The van der Waals surface area contributed by atoms with Gasteiger partial charge in [0.25, 0.3) is 5.91 Å². The Kier molecular flexibility index (Phi) is 3.91. The van der Waals surface area contributed by atoms with Crippen molar-refractivity contribution < 1.29 is 19.8 Å². The molecule has 1 aromatic heterocycles. The van der Waals surface area contributed by atoms with E-state index in [1.165, 1.54) is 21.8 Å². The van der Waals surface area contributed by atoms with Crippen LogP contribution in [0.15, 0.2) is 6.07 Å². The van der Waals surface area contributed by atoms with Gasteiger partial charge >= 0.3 is 5.97 Å². The summed E-state index contributed by atoms with van der Waals surface area (Å²) in [5.41, 5.74) is -0.710. The van der Waals surface area contributed by atoms with Gasteiger partial charge in [-0.25, -0.2) is 4.79 Å². The minimum Gasteiger partial charge on any atom is -0.479 e. The molecule has 1 aliphatic carbocycles. The predicted octanol–water partition coefficient (Wildman–Crippen LogP) is 1.19. The number of fused-ring (bicyclic) bond motifs is 1. The van der Waals surface area contributed by atoms with Gasteiger partial charge in [-0.1, -0.05) is 0 Å². The SMILES string of the molecule is CC(O)(CNC(=O)c1cc2c(s1)CCCC2)C(=O)O. The molecule has 19 heavy (non-hydrogen) atoms. The zero-order valence-electron chi connectivity index (χ0n) is 10.7. The van der Waals surface area contributed by atoms with Gasteiger partial charge < -0.3 is 15.5 Å². The Hall–Kier alpha value is -1.40. The molecule has 2 rings (SSSR count). The monoisotopic (exact) mass is 283 g/mol. The Balaban J connectivity index is 2.00. The third-order valence-corrected chi connectivity index (χ3v) is 4.51. The molecule has 104 valence electrons. The molecule has 0 fully saturated rings. The lowest BCUT2D eigenvalue weighted by Gasteiger charge is -2.17. The Morgan fingerprint density at radius 2 is 2.11 bits per heavy atom. The second-order valence-electron chi connectivity index (χ2n) is 5.03. The molecule has 0 saturated carbocycles. The molecule has 1 aliphatic rings. The largest absolute Gasteiger partial charge is 0.479 e. The fraction of sp³-hybridized carbons (Fsp3) is 0.538. The standard InChI is InChI=1S/C13H17NO4S/c1-13(18,12(16)17)7-14-11(15)10-6-8-4-2-3-5-9(8)19-10/h6,18H,2-5,7H2,1H3,(H,14,15)(H,16,17). The number of hydrogen-bond donors (Lipinski definition) is 3. The van der Waals surface area contributed by atoms with Gasteiger partial charge in [0.2, 0.25) is 0 Å². The number of amides is 1. The average Bonchev–Trinajstić information content (AvgIpc) is 2.79. The van der Waals surface area contributed by atoms with Crippen LogP contribution in [0.25, 0.3) is 0 Å². The van der Waals surface area contributed by atoms with Crippen molar-refractivity contribution in [2.24, 2.45) is 0 Å². The zero-order chi connectivity index (χ0) is 14.0. The molecule has 1 heterocycles. The molecule has 0 spiro atoms. The first kappa shape index (κ1) is 14.0. The smallest absolute Gasteiger partial charge is 0.337 e. The van der Waals surface area contributed by atoms with E-state index in [0.717, 1.165) is 32.6 Å². The molecule has 1 amide bonds. The zero-order valence-corrected chi connectivity index (χ0v) is 11.5. The van der Waals surface area contributed by atoms with Crippen molar-refractivity contribution in [3.8, 4) is 0 Å². The molecular weight excluding hydrogens is 266 g/mol. The Morgan fingerprint density at radius 3 is 2.74 bits per heavy atom. The van der Waals surface area contributed by atoms with Gasteiger partial charge in [-0.3, -0.25) is 4.79 Å². The summed E-state index contributed by atoms with van der Waals surface area (Å²) in [6, 6.07) is 1.88. The predicted molar refractivity (Wildman–Crippen MR) is 71.6 cm³/mol. The lowest BCUT2D eigenvalue weighted by Crippen LogP contribution is -2.46. The number of thiophene rings is 1. The van der Waals surface area contributed by atoms with Crippen LogP contribution in [0, 0.1) is 0 Å². The highest BCUT2D eigenvalue weighted by molar-refractivity contribution is 7.14. The van der Waals surface area contributed by atoms with Crippen LogP contribution in [-0.4, -0.2) is 34.2 Å². The van der Waals surface area contributed by atoms with E-state index in [4.69, 9.17) is 5.11 Å². The summed E-state index contributed by atoms with van der Waals surface area (Å²) in [5.74, 6) is -1.67. The molecule has 0 aliphatic heterocycles. The Labute approximate surface area is 115 Å². The van der Waals surface area contributed by atoms with Crippen LogP contribution in [-0.2, 0) is 17.6 Å². The van der Waals surface area contributed by atoms with E-state index in [-0.39, 0.29) is 12.5 Å². The minimum atomic E-state index is -1.94. The topological polar surface area (TPSA) is 86.6 Å². The fourth-order valence-corrected chi connectivity index (χ4v) is 3.19. The molecule has 1 aromatic rings. The van der Waals surface area contributed by atoms with Gasteiger partial charge in [0.05, 0.1) is 11.4 Å². The molecular formula is C13H17NO4S. The van der Waals surface area contributed by atoms with Crippen molar-refractivity contribution in [3.63, 3.8) is 0 Å². The third kappa shape index (κ3) is 3.13. The van der Waals surface area contributed by atoms with Crippen LogP contribution in [0.3, 0.4) is 0 Å². The molecule has 5 nitrogen and oxygen atoms in total. The van der Waals surface area contributed by atoms with Crippen LogP contribution in [0.1, 0.15) is 39.9 Å². The number of carbonyl (C=O) groups excluding carboxylic acids is 1. The van der Waals surface area contributed by atoms with Crippen LogP contribution in [0.4, 0.5) is 0 Å². The third-order valence-electron chi connectivity index (χ3n) is 3.27. The van der Waals surface area contributed by atoms with Crippen molar-refractivity contribution in [3.05, 3.63) is 21.4 Å². The summed E-state index contributed by atoms with van der Waals surface area (Å²) in [5, 5.41) is 20.8. The number of hydrogen-bond acceptors (Lipinski definition) is 4. The Morgan fingerprint density at radius 1 is 1.42 bits per heavy atom. The van der Waals surface area contributed by atoms with Gasteiger partial charge in [-0.15, -0.1) is 11.3 Å².